The molecule has 0 aliphatic rings. The van der Waals surface area contributed by atoms with Gasteiger partial charge in [-0.25, -0.2) is 22.4 Å². The average Bonchev–Trinajstić information content (AvgIpc) is 2.16. The van der Waals surface area contributed by atoms with Crippen molar-refractivity contribution in [3.8, 4) is 0 Å². The molecular formula is C9H6F4O3. The Hall–Kier alpha value is -1.63. The smallest absolute Gasteiger partial charge is 0.337 e. The van der Waals surface area contributed by atoms with Crippen molar-refractivity contribution in [2.24, 2.45) is 0 Å². The number of aliphatic carboxylic acids is 1. The second-order valence-electron chi connectivity index (χ2n) is 2.94. The van der Waals surface area contributed by atoms with Crippen LogP contribution < -0.4 is 0 Å². The van der Waals surface area contributed by atoms with Gasteiger partial charge in [0, 0.05) is 11.6 Å². The van der Waals surface area contributed by atoms with Crippen molar-refractivity contribution < 1.29 is 32.6 Å². The van der Waals surface area contributed by atoms with Gasteiger partial charge in [0.05, 0.1) is 5.56 Å². The lowest BCUT2D eigenvalue weighted by Gasteiger charge is -2.10. The van der Waals surface area contributed by atoms with Gasteiger partial charge in [-0.15, -0.1) is 0 Å². The fourth-order valence-corrected chi connectivity index (χ4v) is 1.09. The summed E-state index contributed by atoms with van der Waals surface area (Å²) < 4.78 is 50.2. The van der Waals surface area contributed by atoms with E-state index < -0.39 is 41.3 Å². The molecule has 0 amide bonds. The normalized spacial score (nSPS) is 12.9. The highest BCUT2D eigenvalue weighted by molar-refractivity contribution is 5.74. The van der Waals surface area contributed by atoms with E-state index in [2.05, 4.69) is 0 Å². The Morgan fingerprint density at radius 2 is 1.62 bits per heavy atom. The number of hydrogen-bond donors (Lipinski definition) is 2. The Balaban J connectivity index is 3.30. The predicted molar refractivity (Wildman–Crippen MR) is 43.9 cm³/mol. The summed E-state index contributed by atoms with van der Waals surface area (Å²) in [6.07, 6.45) is -5.53. The topological polar surface area (TPSA) is 57.5 Å². The van der Waals surface area contributed by atoms with Gasteiger partial charge in [-0.1, -0.05) is 0 Å². The molecule has 0 saturated carbocycles. The zero-order valence-corrected chi connectivity index (χ0v) is 7.62. The molecule has 1 aromatic rings. The molecule has 1 atom stereocenters. The number of benzene rings is 1. The summed E-state index contributed by atoms with van der Waals surface area (Å²) in [5.41, 5.74) is -2.05. The third kappa shape index (κ3) is 2.30. The second kappa shape index (κ2) is 4.48. The van der Waals surface area contributed by atoms with E-state index >= 15 is 0 Å². The highest BCUT2D eigenvalue weighted by Gasteiger charge is 2.24. The van der Waals surface area contributed by atoms with Gasteiger partial charge in [0.15, 0.2) is 6.10 Å². The molecule has 0 radical (unpaired) electrons. The van der Waals surface area contributed by atoms with Crippen LogP contribution in [-0.4, -0.2) is 16.2 Å². The molecule has 16 heavy (non-hydrogen) atoms. The van der Waals surface area contributed by atoms with Crippen LogP contribution in [0.2, 0.25) is 0 Å². The average molecular weight is 238 g/mol. The van der Waals surface area contributed by atoms with E-state index in [1.165, 1.54) is 0 Å². The Labute approximate surface area is 86.9 Å². The second-order valence-corrected chi connectivity index (χ2v) is 2.94. The zero-order chi connectivity index (χ0) is 12.5. The molecule has 0 spiro atoms. The number of carboxylic acid groups (broad SMARTS) is 1. The van der Waals surface area contributed by atoms with Crippen molar-refractivity contribution in [1.82, 2.24) is 0 Å². The molecule has 0 aliphatic carbocycles. The molecule has 0 bridgehead atoms. The predicted octanol–water partition coefficient (Wildman–Crippen LogP) is 2.02. The Bertz CT molecular complexity index is 419. The summed E-state index contributed by atoms with van der Waals surface area (Å²) in [4.78, 5) is 10.3. The molecule has 88 valence electrons. The van der Waals surface area contributed by atoms with Gasteiger partial charge >= 0.3 is 5.97 Å². The standard InChI is InChI=1S/C9H6F4O3/c10-5-2-6(11)4(8(12)13)1-3(5)7(14)9(15)16/h1-2,7-8,14H,(H,15,16). The summed E-state index contributed by atoms with van der Waals surface area (Å²) in [7, 11) is 0. The van der Waals surface area contributed by atoms with Crippen molar-refractivity contribution in [2.75, 3.05) is 0 Å². The number of hydrogen-bond acceptors (Lipinski definition) is 2. The van der Waals surface area contributed by atoms with Crippen molar-refractivity contribution >= 4 is 5.97 Å². The van der Waals surface area contributed by atoms with Gasteiger partial charge < -0.3 is 10.2 Å². The quantitative estimate of drug-likeness (QED) is 0.792. The SMILES string of the molecule is O=C(O)C(O)c1cc(C(F)F)c(F)cc1F. The van der Waals surface area contributed by atoms with E-state index in [1.807, 2.05) is 0 Å². The van der Waals surface area contributed by atoms with Gasteiger partial charge in [-0.05, 0) is 6.07 Å². The Kier molecular flexibility index (Phi) is 3.48. The highest BCUT2D eigenvalue weighted by Crippen LogP contribution is 2.27. The zero-order valence-electron chi connectivity index (χ0n) is 7.62. The fraction of sp³-hybridized carbons (Fsp3) is 0.222. The molecule has 0 heterocycles. The lowest BCUT2D eigenvalue weighted by molar-refractivity contribution is -0.147. The van der Waals surface area contributed by atoms with Crippen LogP contribution in [0, 0.1) is 11.6 Å². The van der Waals surface area contributed by atoms with Crippen LogP contribution in [-0.2, 0) is 4.79 Å². The number of aliphatic hydroxyl groups excluding tert-OH is 1. The van der Waals surface area contributed by atoms with E-state index in [0.717, 1.165) is 0 Å². The van der Waals surface area contributed by atoms with E-state index in [-0.39, 0.29) is 6.07 Å². The molecule has 0 aliphatic heterocycles. The van der Waals surface area contributed by atoms with E-state index in [0.29, 0.717) is 6.07 Å². The van der Waals surface area contributed by atoms with E-state index in [1.54, 1.807) is 0 Å². The Morgan fingerprint density at radius 1 is 1.12 bits per heavy atom. The molecule has 1 rings (SSSR count). The van der Waals surface area contributed by atoms with Gasteiger partial charge in [0.2, 0.25) is 0 Å². The summed E-state index contributed by atoms with van der Waals surface area (Å²) in [5.74, 6) is -4.70. The molecule has 0 saturated heterocycles. The molecule has 0 fully saturated rings. The number of rotatable bonds is 3. The number of carbonyl (C=O) groups is 1. The van der Waals surface area contributed by atoms with Crippen LogP contribution in [0.25, 0.3) is 0 Å². The van der Waals surface area contributed by atoms with Crippen LogP contribution in [0.4, 0.5) is 17.6 Å². The maximum absolute atomic E-state index is 13.0. The monoisotopic (exact) mass is 238 g/mol. The molecule has 3 nitrogen and oxygen atoms in total. The molecule has 2 N–H and O–H groups in total. The van der Waals surface area contributed by atoms with Crippen molar-refractivity contribution in [1.29, 1.82) is 0 Å². The first-order valence-corrected chi connectivity index (χ1v) is 4.02. The van der Waals surface area contributed by atoms with E-state index in [9.17, 15) is 22.4 Å². The molecule has 1 aromatic carbocycles. The lowest BCUT2D eigenvalue weighted by atomic mass is 10.0. The maximum Gasteiger partial charge on any atom is 0.337 e. The van der Waals surface area contributed by atoms with Crippen molar-refractivity contribution in [2.45, 2.75) is 12.5 Å². The van der Waals surface area contributed by atoms with Gasteiger partial charge in [0.1, 0.15) is 11.6 Å². The number of aliphatic hydroxyl groups is 1. The fourth-order valence-electron chi connectivity index (χ4n) is 1.09. The van der Waals surface area contributed by atoms with Crippen molar-refractivity contribution in [3.05, 3.63) is 34.9 Å². The number of alkyl halides is 2. The van der Waals surface area contributed by atoms with Gasteiger partial charge in [-0.2, -0.15) is 0 Å². The van der Waals surface area contributed by atoms with E-state index in [4.69, 9.17) is 10.2 Å². The molecular weight excluding hydrogens is 232 g/mol. The van der Waals surface area contributed by atoms with Gasteiger partial charge in [0.25, 0.3) is 6.43 Å². The van der Waals surface area contributed by atoms with Crippen LogP contribution in [0.1, 0.15) is 23.7 Å². The number of halogens is 4. The van der Waals surface area contributed by atoms with Crippen LogP contribution in [0.15, 0.2) is 12.1 Å². The molecule has 1 unspecified atom stereocenters. The largest absolute Gasteiger partial charge is 0.479 e. The van der Waals surface area contributed by atoms with Crippen LogP contribution in [0.5, 0.6) is 0 Å². The van der Waals surface area contributed by atoms with Crippen LogP contribution in [0.3, 0.4) is 0 Å². The molecule has 7 heteroatoms. The third-order valence-electron chi connectivity index (χ3n) is 1.88. The van der Waals surface area contributed by atoms with Gasteiger partial charge in [-0.3, -0.25) is 0 Å². The third-order valence-corrected chi connectivity index (χ3v) is 1.88. The first kappa shape index (κ1) is 12.4. The lowest BCUT2D eigenvalue weighted by Crippen LogP contribution is -2.13. The minimum atomic E-state index is -3.22. The Morgan fingerprint density at radius 3 is 2.06 bits per heavy atom. The first-order valence-electron chi connectivity index (χ1n) is 4.02. The maximum atomic E-state index is 13.0. The van der Waals surface area contributed by atoms with Crippen LogP contribution >= 0.6 is 0 Å². The summed E-state index contributed by atoms with van der Waals surface area (Å²) in [5, 5.41) is 17.3. The highest BCUT2D eigenvalue weighted by atomic mass is 19.3. The molecule has 0 aromatic heterocycles. The summed E-state index contributed by atoms with van der Waals surface area (Å²) in [6.45, 7) is 0. The minimum Gasteiger partial charge on any atom is -0.479 e. The summed E-state index contributed by atoms with van der Waals surface area (Å²) in [6, 6.07) is 0.414. The summed E-state index contributed by atoms with van der Waals surface area (Å²) >= 11 is 0. The van der Waals surface area contributed by atoms with Crippen molar-refractivity contribution in [3.63, 3.8) is 0 Å². The first-order chi connectivity index (χ1) is 7.34. The minimum absolute atomic E-state index is 0.114. The number of carboxylic acids is 1.